The van der Waals surface area contributed by atoms with Gasteiger partial charge in [0.15, 0.2) is 5.13 Å². The Morgan fingerprint density at radius 2 is 1.97 bits per heavy atom. The van der Waals surface area contributed by atoms with Crippen LogP contribution in [-0.2, 0) is 4.74 Å². The van der Waals surface area contributed by atoms with Crippen LogP contribution in [0.2, 0.25) is 0 Å². The van der Waals surface area contributed by atoms with Gasteiger partial charge in [0.05, 0.1) is 16.1 Å². The number of benzene rings is 1. The first-order valence-corrected chi connectivity index (χ1v) is 14.9. The largest absolute Gasteiger partial charge is 0.455 e. The summed E-state index contributed by atoms with van der Waals surface area (Å²) < 4.78 is 12.1. The number of likely N-dealkylation sites (tertiary alicyclic amines) is 1. The minimum atomic E-state index is -0.479. The summed E-state index contributed by atoms with van der Waals surface area (Å²) >= 11 is 3.28. The SMILES string of the molecule is Cc1csc(Nc2cc(Oc3cccc4ncccc34)c(SCC3CCN(C(=O)OC(C)(C)C)CC3)cn2)n1. The molecule has 1 saturated heterocycles. The molecule has 1 amide bonds. The zero-order valence-corrected chi connectivity index (χ0v) is 24.3. The van der Waals surface area contributed by atoms with Crippen molar-refractivity contribution in [2.75, 3.05) is 24.2 Å². The summed E-state index contributed by atoms with van der Waals surface area (Å²) in [6.45, 7) is 9.08. The molecule has 5 rings (SSSR count). The van der Waals surface area contributed by atoms with E-state index in [1.54, 1.807) is 29.3 Å². The molecule has 204 valence electrons. The van der Waals surface area contributed by atoms with Crippen molar-refractivity contribution in [2.24, 2.45) is 5.92 Å². The normalized spacial score (nSPS) is 14.4. The summed E-state index contributed by atoms with van der Waals surface area (Å²) in [5.74, 6) is 3.55. The molecule has 1 N–H and O–H groups in total. The summed E-state index contributed by atoms with van der Waals surface area (Å²) in [5.41, 5.74) is 1.37. The summed E-state index contributed by atoms with van der Waals surface area (Å²) in [7, 11) is 0. The van der Waals surface area contributed by atoms with E-state index < -0.39 is 5.60 Å². The summed E-state index contributed by atoms with van der Waals surface area (Å²) in [4.78, 5) is 28.8. The number of nitrogens with zero attached hydrogens (tertiary/aromatic N) is 4. The molecule has 4 aromatic rings. The summed E-state index contributed by atoms with van der Waals surface area (Å²) in [6.07, 6.45) is 5.30. The minimum absolute atomic E-state index is 0.225. The fourth-order valence-electron chi connectivity index (χ4n) is 4.30. The summed E-state index contributed by atoms with van der Waals surface area (Å²) in [6, 6.07) is 11.8. The number of hydrogen-bond donors (Lipinski definition) is 1. The van der Waals surface area contributed by atoms with E-state index in [2.05, 4.69) is 20.3 Å². The number of hydrogen-bond acceptors (Lipinski definition) is 9. The molecular weight excluding hydrogens is 530 g/mol. The Balaban J connectivity index is 1.30. The number of ether oxygens (including phenoxy) is 2. The van der Waals surface area contributed by atoms with Gasteiger partial charge in [-0.1, -0.05) is 6.07 Å². The van der Waals surface area contributed by atoms with Crippen molar-refractivity contribution in [3.8, 4) is 11.5 Å². The van der Waals surface area contributed by atoms with E-state index in [0.717, 1.165) is 56.7 Å². The molecular formula is C29H33N5O3S2. The highest BCUT2D eigenvalue weighted by Gasteiger charge is 2.27. The molecule has 4 heterocycles. The molecule has 39 heavy (non-hydrogen) atoms. The maximum atomic E-state index is 12.4. The van der Waals surface area contributed by atoms with Crippen molar-refractivity contribution >= 4 is 51.0 Å². The van der Waals surface area contributed by atoms with Crippen LogP contribution in [0.3, 0.4) is 0 Å². The van der Waals surface area contributed by atoms with Crippen molar-refractivity contribution in [3.05, 3.63) is 59.9 Å². The van der Waals surface area contributed by atoms with Crippen LogP contribution in [0.4, 0.5) is 15.7 Å². The van der Waals surface area contributed by atoms with E-state index in [4.69, 9.17) is 9.47 Å². The lowest BCUT2D eigenvalue weighted by molar-refractivity contribution is 0.0191. The second-order valence-corrected chi connectivity index (χ2v) is 12.5. The third kappa shape index (κ3) is 7.19. The van der Waals surface area contributed by atoms with Gasteiger partial charge in [-0.25, -0.2) is 14.8 Å². The van der Waals surface area contributed by atoms with Crippen molar-refractivity contribution in [2.45, 2.75) is 51.0 Å². The Kier molecular flexibility index (Phi) is 8.23. The van der Waals surface area contributed by atoms with Crippen LogP contribution in [0.25, 0.3) is 10.9 Å². The number of thiazole rings is 1. The topological polar surface area (TPSA) is 89.5 Å². The number of rotatable bonds is 7. The van der Waals surface area contributed by atoms with Crippen LogP contribution in [0.15, 0.2) is 59.1 Å². The molecule has 3 aromatic heterocycles. The molecule has 1 fully saturated rings. The van der Waals surface area contributed by atoms with Gasteiger partial charge in [0.2, 0.25) is 0 Å². The van der Waals surface area contributed by atoms with Crippen molar-refractivity contribution in [1.29, 1.82) is 0 Å². The number of aromatic nitrogens is 3. The first-order valence-electron chi connectivity index (χ1n) is 13.0. The van der Waals surface area contributed by atoms with Gasteiger partial charge in [0, 0.05) is 48.1 Å². The first-order chi connectivity index (χ1) is 18.7. The molecule has 0 saturated carbocycles. The Morgan fingerprint density at radius 3 is 2.72 bits per heavy atom. The molecule has 0 unspecified atom stereocenters. The maximum absolute atomic E-state index is 12.4. The number of pyridine rings is 2. The molecule has 0 aliphatic carbocycles. The predicted octanol–water partition coefficient (Wildman–Crippen LogP) is 7.67. The Labute approximate surface area is 237 Å². The number of piperidine rings is 1. The van der Waals surface area contributed by atoms with Gasteiger partial charge in [0.1, 0.15) is 22.9 Å². The second kappa shape index (κ2) is 11.8. The smallest absolute Gasteiger partial charge is 0.410 e. The van der Waals surface area contributed by atoms with Gasteiger partial charge in [-0.05, 0) is 70.7 Å². The standard InChI is InChI=1S/C29H33N5O3S2/c1-19-17-39-27(32-19)33-26-15-24(36-23-9-5-8-22-21(23)7-6-12-30-22)25(16-31-26)38-18-20-10-13-34(14-11-20)28(35)37-29(2,3)4/h5-9,12,15-17,20H,10-11,13-14,18H2,1-4H3,(H,31,32,33). The third-order valence-electron chi connectivity index (χ3n) is 6.25. The van der Waals surface area contributed by atoms with E-state index in [1.807, 2.05) is 80.6 Å². The number of aryl methyl sites for hydroxylation is 1. The van der Waals surface area contributed by atoms with Gasteiger partial charge in [0.25, 0.3) is 0 Å². The number of amides is 1. The number of fused-ring (bicyclic) bond motifs is 1. The average molecular weight is 564 g/mol. The number of anilines is 2. The predicted molar refractivity (Wildman–Crippen MR) is 157 cm³/mol. The van der Waals surface area contributed by atoms with Gasteiger partial charge >= 0.3 is 6.09 Å². The highest BCUT2D eigenvalue weighted by atomic mass is 32.2. The fourth-order valence-corrected chi connectivity index (χ4v) is 6.11. The van der Waals surface area contributed by atoms with Crippen LogP contribution >= 0.6 is 23.1 Å². The quantitative estimate of drug-likeness (QED) is 0.229. The fraction of sp³-hybridized carbons (Fsp3) is 0.379. The summed E-state index contributed by atoms with van der Waals surface area (Å²) in [5, 5.41) is 7.04. The van der Waals surface area contributed by atoms with Crippen molar-refractivity contribution in [1.82, 2.24) is 19.9 Å². The Hall–Kier alpha value is -3.37. The van der Waals surface area contributed by atoms with E-state index in [9.17, 15) is 4.79 Å². The van der Waals surface area contributed by atoms with Crippen molar-refractivity contribution < 1.29 is 14.3 Å². The zero-order valence-electron chi connectivity index (χ0n) is 22.6. The van der Waals surface area contributed by atoms with Crippen LogP contribution in [0.1, 0.15) is 39.3 Å². The molecule has 0 radical (unpaired) electrons. The van der Waals surface area contributed by atoms with Gasteiger partial charge in [-0.2, -0.15) is 0 Å². The molecule has 0 bridgehead atoms. The zero-order chi connectivity index (χ0) is 27.4. The van der Waals surface area contributed by atoms with E-state index in [-0.39, 0.29) is 6.09 Å². The Morgan fingerprint density at radius 1 is 1.15 bits per heavy atom. The highest BCUT2D eigenvalue weighted by molar-refractivity contribution is 7.99. The number of nitrogens with one attached hydrogen (secondary N) is 1. The van der Waals surface area contributed by atoms with Crippen LogP contribution in [0, 0.1) is 12.8 Å². The second-order valence-electron chi connectivity index (χ2n) is 10.6. The number of thioether (sulfide) groups is 1. The molecule has 10 heteroatoms. The van der Waals surface area contributed by atoms with Gasteiger partial charge in [-0.15, -0.1) is 23.1 Å². The van der Waals surface area contributed by atoms with Crippen molar-refractivity contribution in [3.63, 3.8) is 0 Å². The lowest BCUT2D eigenvalue weighted by Gasteiger charge is -2.33. The number of carbonyl (C=O) groups excluding carboxylic acids is 1. The molecule has 1 aliphatic rings. The first kappa shape index (κ1) is 27.2. The molecule has 8 nitrogen and oxygen atoms in total. The van der Waals surface area contributed by atoms with Crippen LogP contribution in [-0.4, -0.2) is 50.4 Å². The molecule has 1 aliphatic heterocycles. The van der Waals surface area contributed by atoms with Gasteiger partial charge < -0.3 is 19.7 Å². The van der Waals surface area contributed by atoms with Crippen LogP contribution < -0.4 is 10.1 Å². The van der Waals surface area contributed by atoms with E-state index in [0.29, 0.717) is 24.8 Å². The average Bonchev–Trinajstić information content (AvgIpc) is 3.32. The highest BCUT2D eigenvalue weighted by Crippen LogP contribution is 2.38. The molecule has 0 atom stereocenters. The Bertz CT molecular complexity index is 1440. The third-order valence-corrected chi connectivity index (χ3v) is 8.38. The minimum Gasteiger partial charge on any atom is -0.455 e. The van der Waals surface area contributed by atoms with E-state index in [1.165, 1.54) is 0 Å². The van der Waals surface area contributed by atoms with E-state index >= 15 is 0 Å². The number of carbonyl (C=O) groups is 1. The molecule has 1 aromatic carbocycles. The maximum Gasteiger partial charge on any atom is 0.410 e. The van der Waals surface area contributed by atoms with Gasteiger partial charge in [-0.3, -0.25) is 4.98 Å². The lowest BCUT2D eigenvalue weighted by Crippen LogP contribution is -2.42. The van der Waals surface area contributed by atoms with Crippen LogP contribution in [0.5, 0.6) is 11.5 Å². The lowest BCUT2D eigenvalue weighted by atomic mass is 9.99. The molecule has 0 spiro atoms. The monoisotopic (exact) mass is 563 g/mol.